The second-order valence-electron chi connectivity index (χ2n) is 9.06. The molecule has 1 aromatic rings. The van der Waals surface area contributed by atoms with E-state index in [2.05, 4.69) is 21.3 Å². The third-order valence-electron chi connectivity index (χ3n) is 4.52. The SMILES string of the molecule is CC(C)NC(C(=O)NCC(=O)Nc1ccc(COC(=O)C(C)C)cc1)C(C)C.CCCNC(N)=O. The van der Waals surface area contributed by atoms with Crippen LogP contribution in [-0.4, -0.2) is 49.0 Å². The van der Waals surface area contributed by atoms with Gasteiger partial charge in [0.05, 0.1) is 18.5 Å². The standard InChI is InChI=1S/C21H33N3O4.C4H10N2O/c1-13(2)19(23-15(5)6)20(26)22-11-18(25)24-17-9-7-16(8-10-17)12-28-21(27)14(3)4;1-2-3-6-4(5)7/h7-10,13-15,19,23H,11-12H2,1-6H3,(H,22,26)(H,24,25);2-3H2,1H3,(H3,5,6,7). The fourth-order valence-corrected chi connectivity index (χ4v) is 2.67. The highest BCUT2D eigenvalue weighted by molar-refractivity contribution is 5.95. The van der Waals surface area contributed by atoms with E-state index in [9.17, 15) is 19.2 Å². The zero-order valence-corrected chi connectivity index (χ0v) is 22.1. The minimum Gasteiger partial charge on any atom is -0.461 e. The van der Waals surface area contributed by atoms with Crippen molar-refractivity contribution in [3.8, 4) is 0 Å². The molecule has 0 spiro atoms. The molecule has 10 nitrogen and oxygen atoms in total. The molecule has 35 heavy (non-hydrogen) atoms. The van der Waals surface area contributed by atoms with Crippen LogP contribution in [0.15, 0.2) is 24.3 Å². The fraction of sp³-hybridized carbons (Fsp3) is 0.600. The number of hydrogen-bond acceptors (Lipinski definition) is 6. The van der Waals surface area contributed by atoms with E-state index in [0.29, 0.717) is 12.2 Å². The Kier molecular flexibility index (Phi) is 15.8. The van der Waals surface area contributed by atoms with Crippen LogP contribution in [0.25, 0.3) is 0 Å². The number of hydrogen-bond donors (Lipinski definition) is 5. The molecule has 6 N–H and O–H groups in total. The summed E-state index contributed by atoms with van der Waals surface area (Å²) in [5, 5.41) is 11.0. The minimum absolute atomic E-state index is 0.102. The van der Waals surface area contributed by atoms with Gasteiger partial charge in [0, 0.05) is 18.3 Å². The number of ether oxygens (including phenoxy) is 1. The number of benzene rings is 1. The Morgan fingerprint density at radius 2 is 1.54 bits per heavy atom. The number of carbonyl (C=O) groups excluding carboxylic acids is 4. The molecule has 198 valence electrons. The van der Waals surface area contributed by atoms with Gasteiger partial charge in [0.25, 0.3) is 0 Å². The van der Waals surface area contributed by atoms with E-state index < -0.39 is 6.03 Å². The largest absolute Gasteiger partial charge is 0.461 e. The van der Waals surface area contributed by atoms with Gasteiger partial charge in [0.1, 0.15) is 6.61 Å². The van der Waals surface area contributed by atoms with Crippen molar-refractivity contribution in [3.05, 3.63) is 29.8 Å². The van der Waals surface area contributed by atoms with Gasteiger partial charge < -0.3 is 31.7 Å². The van der Waals surface area contributed by atoms with Gasteiger partial charge in [0.2, 0.25) is 11.8 Å². The molecule has 0 radical (unpaired) electrons. The second-order valence-corrected chi connectivity index (χ2v) is 9.06. The van der Waals surface area contributed by atoms with E-state index in [1.54, 1.807) is 38.1 Å². The first-order valence-corrected chi connectivity index (χ1v) is 12.0. The molecule has 0 aliphatic heterocycles. The Labute approximate surface area is 209 Å². The molecular weight excluding hydrogens is 450 g/mol. The maximum atomic E-state index is 12.3. The van der Waals surface area contributed by atoms with Crippen molar-refractivity contribution >= 4 is 29.5 Å². The first-order valence-electron chi connectivity index (χ1n) is 12.0. The molecule has 0 aliphatic carbocycles. The highest BCUT2D eigenvalue weighted by Gasteiger charge is 2.22. The molecule has 10 heteroatoms. The second kappa shape index (κ2) is 17.3. The molecule has 4 amide bonds. The van der Waals surface area contributed by atoms with Crippen molar-refractivity contribution in [1.29, 1.82) is 0 Å². The highest BCUT2D eigenvalue weighted by Crippen LogP contribution is 2.11. The average molecular weight is 494 g/mol. The van der Waals surface area contributed by atoms with Gasteiger partial charge in [-0.3, -0.25) is 14.4 Å². The van der Waals surface area contributed by atoms with Gasteiger partial charge in [-0.1, -0.05) is 60.6 Å². The number of nitrogens with one attached hydrogen (secondary N) is 4. The Hall–Kier alpha value is -3.14. The fourth-order valence-electron chi connectivity index (χ4n) is 2.67. The average Bonchev–Trinajstić information content (AvgIpc) is 2.79. The lowest BCUT2D eigenvalue weighted by Crippen LogP contribution is -2.51. The van der Waals surface area contributed by atoms with Crippen molar-refractivity contribution in [3.63, 3.8) is 0 Å². The zero-order chi connectivity index (χ0) is 27.0. The molecule has 0 fully saturated rings. The summed E-state index contributed by atoms with van der Waals surface area (Å²) in [5.74, 6) is -0.803. The van der Waals surface area contributed by atoms with E-state index >= 15 is 0 Å². The Balaban J connectivity index is 0.00000143. The third kappa shape index (κ3) is 15.4. The molecule has 0 bridgehead atoms. The number of nitrogens with two attached hydrogens (primary N) is 1. The molecule has 1 unspecified atom stereocenters. The monoisotopic (exact) mass is 493 g/mol. The first-order chi connectivity index (χ1) is 16.4. The number of rotatable bonds is 12. The van der Waals surface area contributed by atoms with Gasteiger partial charge >= 0.3 is 12.0 Å². The van der Waals surface area contributed by atoms with Gasteiger partial charge in [-0.25, -0.2) is 4.79 Å². The van der Waals surface area contributed by atoms with Crippen LogP contribution in [0.1, 0.15) is 60.5 Å². The molecule has 0 saturated carbocycles. The van der Waals surface area contributed by atoms with Crippen LogP contribution in [0.3, 0.4) is 0 Å². The third-order valence-corrected chi connectivity index (χ3v) is 4.52. The molecular formula is C25H43N5O5. The lowest BCUT2D eigenvalue weighted by molar-refractivity contribution is -0.148. The Morgan fingerprint density at radius 1 is 0.943 bits per heavy atom. The van der Waals surface area contributed by atoms with Gasteiger partial charge in [-0.2, -0.15) is 0 Å². The van der Waals surface area contributed by atoms with E-state index in [4.69, 9.17) is 10.5 Å². The maximum Gasteiger partial charge on any atom is 0.312 e. The highest BCUT2D eigenvalue weighted by atomic mass is 16.5. The van der Waals surface area contributed by atoms with Crippen molar-refractivity contribution in [2.45, 2.75) is 73.6 Å². The van der Waals surface area contributed by atoms with E-state index in [-0.39, 0.29) is 54.9 Å². The molecule has 0 aromatic heterocycles. The van der Waals surface area contributed by atoms with Crippen molar-refractivity contribution in [1.82, 2.24) is 16.0 Å². The lowest BCUT2D eigenvalue weighted by atomic mass is 10.0. The minimum atomic E-state index is -0.443. The summed E-state index contributed by atoms with van der Waals surface area (Å²) < 4.78 is 5.16. The van der Waals surface area contributed by atoms with Crippen LogP contribution >= 0.6 is 0 Å². The molecule has 1 atom stereocenters. The Bertz CT molecular complexity index is 794. The number of esters is 1. The smallest absolute Gasteiger partial charge is 0.312 e. The number of urea groups is 1. The number of amides is 4. The summed E-state index contributed by atoms with van der Waals surface area (Å²) in [7, 11) is 0. The number of anilines is 1. The summed E-state index contributed by atoms with van der Waals surface area (Å²) >= 11 is 0. The van der Waals surface area contributed by atoms with Gasteiger partial charge in [-0.05, 0) is 30.0 Å². The molecule has 0 heterocycles. The first kappa shape index (κ1) is 31.9. The summed E-state index contributed by atoms with van der Waals surface area (Å²) in [6.45, 7) is 14.2. The van der Waals surface area contributed by atoms with Crippen molar-refractivity contribution < 1.29 is 23.9 Å². The number of carbonyl (C=O) groups is 4. The summed E-state index contributed by atoms with van der Waals surface area (Å²) in [6.07, 6.45) is 0.933. The van der Waals surface area contributed by atoms with Crippen LogP contribution < -0.4 is 27.0 Å². The van der Waals surface area contributed by atoms with Crippen LogP contribution in [-0.2, 0) is 25.7 Å². The normalized spacial score (nSPS) is 11.4. The van der Waals surface area contributed by atoms with Crippen molar-refractivity contribution in [2.24, 2.45) is 17.6 Å². The molecule has 1 rings (SSSR count). The van der Waals surface area contributed by atoms with Crippen molar-refractivity contribution in [2.75, 3.05) is 18.4 Å². The number of primary amides is 1. The van der Waals surface area contributed by atoms with Gasteiger partial charge in [0.15, 0.2) is 0 Å². The molecule has 0 saturated heterocycles. The predicted octanol–water partition coefficient (Wildman–Crippen LogP) is 2.53. The summed E-state index contributed by atoms with van der Waals surface area (Å²) in [4.78, 5) is 45.7. The lowest BCUT2D eigenvalue weighted by Gasteiger charge is -2.23. The maximum absolute atomic E-state index is 12.3. The quantitative estimate of drug-likeness (QED) is 0.282. The van der Waals surface area contributed by atoms with Crippen LogP contribution in [0, 0.1) is 11.8 Å². The molecule has 1 aromatic carbocycles. The van der Waals surface area contributed by atoms with E-state index in [1.807, 2.05) is 34.6 Å². The topological polar surface area (TPSA) is 152 Å². The van der Waals surface area contributed by atoms with Gasteiger partial charge in [-0.15, -0.1) is 0 Å². The van der Waals surface area contributed by atoms with Crippen LogP contribution in [0.4, 0.5) is 10.5 Å². The van der Waals surface area contributed by atoms with Crippen LogP contribution in [0.2, 0.25) is 0 Å². The molecule has 0 aliphatic rings. The summed E-state index contributed by atoms with van der Waals surface area (Å²) in [6, 6.07) is 6.41. The Morgan fingerprint density at radius 3 is 1.97 bits per heavy atom. The summed E-state index contributed by atoms with van der Waals surface area (Å²) in [5.41, 5.74) is 6.17. The zero-order valence-electron chi connectivity index (χ0n) is 22.1. The van der Waals surface area contributed by atoms with E-state index in [0.717, 1.165) is 12.0 Å². The van der Waals surface area contributed by atoms with Crippen LogP contribution in [0.5, 0.6) is 0 Å². The predicted molar refractivity (Wildman–Crippen MR) is 137 cm³/mol. The van der Waals surface area contributed by atoms with E-state index in [1.165, 1.54) is 0 Å².